The second-order valence-corrected chi connectivity index (χ2v) is 3.68. The third-order valence-electron chi connectivity index (χ3n) is 2.73. The predicted molar refractivity (Wildman–Crippen MR) is 60.9 cm³/mol. The highest BCUT2D eigenvalue weighted by atomic mass is 16.6. The lowest BCUT2D eigenvalue weighted by atomic mass is 9.88. The number of rotatable bonds is 6. The van der Waals surface area contributed by atoms with Gasteiger partial charge in [-0.15, -0.1) is 0 Å². The molecular formula is C12H15NO3. The molecule has 0 bridgehead atoms. The van der Waals surface area contributed by atoms with Crippen LogP contribution >= 0.6 is 0 Å². The number of hydrogen-bond donors (Lipinski definition) is 0. The van der Waals surface area contributed by atoms with Crippen molar-refractivity contribution in [3.8, 4) is 0 Å². The van der Waals surface area contributed by atoms with E-state index in [0.717, 1.165) is 11.8 Å². The van der Waals surface area contributed by atoms with Gasteiger partial charge in [-0.1, -0.05) is 37.3 Å². The van der Waals surface area contributed by atoms with E-state index in [4.69, 9.17) is 0 Å². The quantitative estimate of drug-likeness (QED) is 0.421. The van der Waals surface area contributed by atoms with Gasteiger partial charge in [-0.2, -0.15) is 0 Å². The molecule has 0 spiro atoms. The van der Waals surface area contributed by atoms with Crippen LogP contribution in [0.2, 0.25) is 0 Å². The van der Waals surface area contributed by atoms with E-state index in [1.165, 1.54) is 0 Å². The Morgan fingerprint density at radius 3 is 2.44 bits per heavy atom. The molecule has 0 radical (unpaired) electrons. The van der Waals surface area contributed by atoms with Crippen molar-refractivity contribution in [1.29, 1.82) is 0 Å². The maximum Gasteiger partial charge on any atom is 0.220 e. The van der Waals surface area contributed by atoms with Gasteiger partial charge in [-0.05, 0) is 5.56 Å². The number of aldehydes is 1. The maximum absolute atomic E-state index is 10.9. The van der Waals surface area contributed by atoms with Crippen molar-refractivity contribution in [3.05, 3.63) is 46.0 Å². The fraction of sp³-hybridized carbons (Fsp3) is 0.417. The van der Waals surface area contributed by atoms with Gasteiger partial charge in [-0.3, -0.25) is 10.1 Å². The van der Waals surface area contributed by atoms with Gasteiger partial charge in [0, 0.05) is 17.8 Å². The molecule has 16 heavy (non-hydrogen) atoms. The van der Waals surface area contributed by atoms with E-state index >= 15 is 0 Å². The number of hydrogen-bond acceptors (Lipinski definition) is 3. The predicted octanol–water partition coefficient (Wildman–Crippen LogP) is 2.41. The molecule has 0 unspecified atom stereocenters. The summed E-state index contributed by atoms with van der Waals surface area (Å²) in [6, 6.07) is 8.50. The van der Waals surface area contributed by atoms with Crippen molar-refractivity contribution < 1.29 is 9.72 Å². The monoisotopic (exact) mass is 221 g/mol. The average Bonchev–Trinajstić information content (AvgIpc) is 2.29. The van der Waals surface area contributed by atoms with Gasteiger partial charge in [0.05, 0.1) is 5.92 Å². The Morgan fingerprint density at radius 2 is 2.00 bits per heavy atom. The van der Waals surface area contributed by atoms with Gasteiger partial charge in [0.25, 0.3) is 0 Å². The van der Waals surface area contributed by atoms with E-state index in [-0.39, 0.29) is 17.3 Å². The third kappa shape index (κ3) is 2.89. The first kappa shape index (κ1) is 12.4. The molecular weight excluding hydrogens is 206 g/mol. The van der Waals surface area contributed by atoms with Crippen LogP contribution < -0.4 is 0 Å². The number of carbonyl (C=O) groups is 1. The normalized spacial score (nSPS) is 14.1. The highest BCUT2D eigenvalue weighted by Gasteiger charge is 2.30. The van der Waals surface area contributed by atoms with Crippen LogP contribution in [0.5, 0.6) is 0 Å². The summed E-state index contributed by atoms with van der Waals surface area (Å²) in [5, 5.41) is 10.9. The third-order valence-corrected chi connectivity index (χ3v) is 2.73. The van der Waals surface area contributed by atoms with E-state index in [9.17, 15) is 14.9 Å². The molecule has 2 atom stereocenters. The van der Waals surface area contributed by atoms with Crippen molar-refractivity contribution in [2.45, 2.75) is 31.7 Å². The Kier molecular flexibility index (Phi) is 4.64. The molecule has 4 nitrogen and oxygen atoms in total. The van der Waals surface area contributed by atoms with Gasteiger partial charge in [0.15, 0.2) is 0 Å². The van der Waals surface area contributed by atoms with Crippen molar-refractivity contribution >= 4 is 6.29 Å². The van der Waals surface area contributed by atoms with Crippen LogP contribution in [0.25, 0.3) is 0 Å². The van der Waals surface area contributed by atoms with Gasteiger partial charge in [0.1, 0.15) is 6.29 Å². The van der Waals surface area contributed by atoms with Crippen molar-refractivity contribution in [1.82, 2.24) is 0 Å². The molecule has 0 N–H and O–H groups in total. The van der Waals surface area contributed by atoms with E-state index in [1.54, 1.807) is 6.92 Å². The van der Waals surface area contributed by atoms with Gasteiger partial charge >= 0.3 is 0 Å². The molecule has 0 saturated heterocycles. The van der Waals surface area contributed by atoms with E-state index in [1.807, 2.05) is 30.3 Å². The number of benzene rings is 1. The van der Waals surface area contributed by atoms with Crippen LogP contribution in [0.3, 0.4) is 0 Å². The molecule has 0 aromatic heterocycles. The first-order valence-corrected chi connectivity index (χ1v) is 5.32. The molecule has 0 amide bonds. The zero-order valence-electron chi connectivity index (χ0n) is 9.20. The van der Waals surface area contributed by atoms with Crippen LogP contribution in [0.15, 0.2) is 30.3 Å². The Labute approximate surface area is 94.4 Å². The second kappa shape index (κ2) is 6.00. The molecule has 0 heterocycles. The van der Waals surface area contributed by atoms with E-state index in [2.05, 4.69) is 0 Å². The van der Waals surface area contributed by atoms with Crippen LogP contribution in [-0.4, -0.2) is 17.3 Å². The summed E-state index contributed by atoms with van der Waals surface area (Å²) in [7, 11) is 0. The van der Waals surface area contributed by atoms with Crippen molar-refractivity contribution in [3.63, 3.8) is 0 Å². The average molecular weight is 221 g/mol. The summed E-state index contributed by atoms with van der Waals surface area (Å²) in [5.74, 6) is -0.321. The fourth-order valence-electron chi connectivity index (χ4n) is 1.90. The molecule has 0 fully saturated rings. The Morgan fingerprint density at radius 1 is 1.38 bits per heavy atom. The molecule has 1 aromatic rings. The minimum atomic E-state index is -0.687. The van der Waals surface area contributed by atoms with Gasteiger partial charge in [-0.25, -0.2) is 0 Å². The fourth-order valence-corrected chi connectivity index (χ4v) is 1.90. The molecule has 0 aliphatic rings. The zero-order valence-corrected chi connectivity index (χ0v) is 9.20. The Balaban J connectivity index is 2.98. The summed E-state index contributed by atoms with van der Waals surface area (Å²) in [6.07, 6.45) is 1.38. The van der Waals surface area contributed by atoms with Crippen molar-refractivity contribution in [2.24, 2.45) is 0 Å². The molecule has 86 valence electrons. The molecule has 0 saturated carbocycles. The molecule has 0 aliphatic carbocycles. The lowest BCUT2D eigenvalue weighted by molar-refractivity contribution is -0.527. The highest BCUT2D eigenvalue weighted by molar-refractivity contribution is 5.52. The summed E-state index contributed by atoms with van der Waals surface area (Å²) in [4.78, 5) is 21.2. The topological polar surface area (TPSA) is 60.2 Å². The van der Waals surface area contributed by atoms with Crippen molar-refractivity contribution in [2.75, 3.05) is 0 Å². The maximum atomic E-state index is 10.9. The Hall–Kier alpha value is -1.71. The second-order valence-electron chi connectivity index (χ2n) is 3.68. The SMILES string of the molecule is CC[C@@H]([C@@H](CC=O)c1ccccc1)[N+](=O)[O-]. The lowest BCUT2D eigenvalue weighted by Gasteiger charge is -2.18. The van der Waals surface area contributed by atoms with Gasteiger partial charge in [0.2, 0.25) is 6.04 Å². The summed E-state index contributed by atoms with van der Waals surface area (Å²) < 4.78 is 0. The van der Waals surface area contributed by atoms with Crippen LogP contribution in [0, 0.1) is 10.1 Å². The standard InChI is InChI=1S/C12H15NO3/c1-2-12(13(15)16)11(8-9-14)10-6-4-3-5-7-10/h3-7,9,11-12H,2,8H2,1H3/t11-,12-/m0/s1. The number of nitro groups is 1. The zero-order chi connectivity index (χ0) is 12.0. The summed E-state index contributed by atoms with van der Waals surface area (Å²) in [6.45, 7) is 1.77. The van der Waals surface area contributed by atoms with E-state index < -0.39 is 6.04 Å². The first-order chi connectivity index (χ1) is 7.70. The molecule has 1 aromatic carbocycles. The number of carbonyl (C=O) groups excluding carboxylic acids is 1. The molecule has 0 aliphatic heterocycles. The minimum absolute atomic E-state index is 0.198. The number of nitrogens with zero attached hydrogens (tertiary/aromatic N) is 1. The first-order valence-electron chi connectivity index (χ1n) is 5.32. The summed E-state index contributed by atoms with van der Waals surface area (Å²) >= 11 is 0. The smallest absolute Gasteiger partial charge is 0.220 e. The van der Waals surface area contributed by atoms with Crippen LogP contribution in [0.4, 0.5) is 0 Å². The van der Waals surface area contributed by atoms with Gasteiger partial charge < -0.3 is 4.79 Å². The Bertz CT molecular complexity index is 351. The molecule has 4 heteroatoms. The van der Waals surface area contributed by atoms with E-state index in [0.29, 0.717) is 6.42 Å². The highest BCUT2D eigenvalue weighted by Crippen LogP contribution is 2.26. The lowest BCUT2D eigenvalue weighted by Crippen LogP contribution is -2.27. The van der Waals surface area contributed by atoms with Crippen LogP contribution in [-0.2, 0) is 4.79 Å². The van der Waals surface area contributed by atoms with Crippen LogP contribution in [0.1, 0.15) is 31.2 Å². The largest absolute Gasteiger partial charge is 0.303 e. The minimum Gasteiger partial charge on any atom is -0.303 e. The molecule has 1 rings (SSSR count). The summed E-state index contributed by atoms with van der Waals surface area (Å²) in [5.41, 5.74) is 0.859.